The Morgan fingerprint density at radius 2 is 1.96 bits per heavy atom. The summed E-state index contributed by atoms with van der Waals surface area (Å²) in [5.41, 5.74) is 1.82. The van der Waals surface area contributed by atoms with E-state index in [4.69, 9.17) is 0 Å². The Bertz CT molecular complexity index is 913. The molecule has 0 radical (unpaired) electrons. The second-order valence-corrected chi connectivity index (χ2v) is 5.80. The zero-order chi connectivity index (χ0) is 17.8. The summed E-state index contributed by atoms with van der Waals surface area (Å²) >= 11 is 0. The fourth-order valence-electron chi connectivity index (χ4n) is 2.37. The largest absolute Gasteiger partial charge is 0.350 e. The number of carbonyl (C=O) groups is 1. The second kappa shape index (κ2) is 7.12. The number of aryl methyl sites for hydroxylation is 1. The van der Waals surface area contributed by atoms with Gasteiger partial charge in [0.2, 0.25) is 5.91 Å². The third-order valence-electron chi connectivity index (χ3n) is 3.88. The normalized spacial score (nSPS) is 11.9. The minimum absolute atomic E-state index is 0.271. The van der Waals surface area contributed by atoms with Gasteiger partial charge >= 0.3 is 0 Å². The second-order valence-electron chi connectivity index (χ2n) is 5.80. The first-order chi connectivity index (χ1) is 12.0. The molecule has 0 aliphatic carbocycles. The van der Waals surface area contributed by atoms with Gasteiger partial charge in [-0.25, -0.2) is 9.36 Å². The van der Waals surface area contributed by atoms with Crippen molar-refractivity contribution < 1.29 is 4.79 Å². The number of nitrogens with one attached hydrogen (secondary N) is 1. The quantitative estimate of drug-likeness (QED) is 0.767. The maximum Gasteiger partial charge on any atom is 0.267 e. The van der Waals surface area contributed by atoms with Crippen LogP contribution in [0.2, 0.25) is 0 Å². The fourth-order valence-corrected chi connectivity index (χ4v) is 2.37. The van der Waals surface area contributed by atoms with Gasteiger partial charge in [-0.2, -0.15) is 5.10 Å². The molecule has 0 spiro atoms. The first-order valence-electron chi connectivity index (χ1n) is 7.98. The predicted molar refractivity (Wildman–Crippen MR) is 93.4 cm³/mol. The molecule has 0 saturated heterocycles. The Kier molecular flexibility index (Phi) is 4.74. The van der Waals surface area contributed by atoms with Gasteiger partial charge in [-0.15, -0.1) is 5.10 Å². The fraction of sp³-hybridized carbons (Fsp3) is 0.222. The molecule has 7 nitrogen and oxygen atoms in total. The Balaban J connectivity index is 1.74. The molecule has 0 bridgehead atoms. The summed E-state index contributed by atoms with van der Waals surface area (Å²) in [5.74, 6) is 0.204. The average molecular weight is 337 g/mol. The van der Waals surface area contributed by atoms with E-state index < -0.39 is 6.04 Å². The number of amides is 1. The highest BCUT2D eigenvalue weighted by Crippen LogP contribution is 2.06. The van der Waals surface area contributed by atoms with Crippen LogP contribution in [-0.4, -0.2) is 25.5 Å². The highest BCUT2D eigenvalue weighted by atomic mass is 16.2. The molecule has 25 heavy (non-hydrogen) atoms. The lowest BCUT2D eigenvalue weighted by atomic mass is 10.1. The molecule has 3 rings (SSSR count). The lowest BCUT2D eigenvalue weighted by Gasteiger charge is -2.15. The molecule has 7 heteroatoms. The molecule has 1 amide bonds. The SMILES string of the molecule is Cc1ccc(CNC(=O)C(C)n2nc(-n3cccn3)ccc2=O)cc1. The molecular weight excluding hydrogens is 318 g/mol. The van der Waals surface area contributed by atoms with E-state index in [1.807, 2.05) is 31.2 Å². The van der Waals surface area contributed by atoms with Crippen LogP contribution in [0.5, 0.6) is 0 Å². The van der Waals surface area contributed by atoms with Crippen molar-refractivity contribution in [1.82, 2.24) is 24.9 Å². The van der Waals surface area contributed by atoms with Crippen LogP contribution in [0.15, 0.2) is 59.7 Å². The molecule has 1 N–H and O–H groups in total. The Labute approximate surface area is 144 Å². The average Bonchev–Trinajstić information content (AvgIpc) is 3.15. The summed E-state index contributed by atoms with van der Waals surface area (Å²) in [4.78, 5) is 24.5. The van der Waals surface area contributed by atoms with Crippen LogP contribution in [-0.2, 0) is 11.3 Å². The monoisotopic (exact) mass is 337 g/mol. The maximum atomic E-state index is 12.4. The minimum atomic E-state index is -0.728. The summed E-state index contributed by atoms with van der Waals surface area (Å²) in [6, 6.07) is 11.9. The topological polar surface area (TPSA) is 81.8 Å². The molecule has 2 aromatic heterocycles. The van der Waals surface area contributed by atoms with Crippen LogP contribution in [0.4, 0.5) is 0 Å². The molecule has 1 atom stereocenters. The lowest BCUT2D eigenvalue weighted by Crippen LogP contribution is -2.37. The molecule has 1 unspecified atom stereocenters. The van der Waals surface area contributed by atoms with Crippen molar-refractivity contribution in [2.24, 2.45) is 0 Å². The third kappa shape index (κ3) is 3.82. The van der Waals surface area contributed by atoms with Gasteiger partial charge in [-0.1, -0.05) is 29.8 Å². The van der Waals surface area contributed by atoms with E-state index in [-0.39, 0.29) is 11.5 Å². The molecule has 0 saturated carbocycles. The maximum absolute atomic E-state index is 12.4. The van der Waals surface area contributed by atoms with E-state index in [9.17, 15) is 9.59 Å². The first kappa shape index (κ1) is 16.6. The number of benzene rings is 1. The van der Waals surface area contributed by atoms with Crippen molar-refractivity contribution in [3.05, 3.63) is 76.3 Å². The summed E-state index contributed by atoms with van der Waals surface area (Å²) in [6.45, 7) is 4.05. The minimum Gasteiger partial charge on any atom is -0.350 e. The van der Waals surface area contributed by atoms with Crippen LogP contribution in [0.3, 0.4) is 0 Å². The van der Waals surface area contributed by atoms with Gasteiger partial charge in [0, 0.05) is 25.0 Å². The number of nitrogens with zero attached hydrogens (tertiary/aromatic N) is 4. The van der Waals surface area contributed by atoms with Crippen molar-refractivity contribution in [1.29, 1.82) is 0 Å². The molecule has 1 aromatic carbocycles. The van der Waals surface area contributed by atoms with Gasteiger partial charge in [0.15, 0.2) is 5.82 Å². The number of aromatic nitrogens is 4. The van der Waals surface area contributed by atoms with Gasteiger partial charge in [0.05, 0.1) is 0 Å². The first-order valence-corrected chi connectivity index (χ1v) is 7.98. The van der Waals surface area contributed by atoms with Gasteiger partial charge in [0.25, 0.3) is 5.56 Å². The predicted octanol–water partition coefficient (Wildman–Crippen LogP) is 1.61. The smallest absolute Gasteiger partial charge is 0.267 e. The standard InChI is InChI=1S/C18H19N5O2/c1-13-4-6-15(7-5-13)12-19-18(25)14(2)23-17(24)9-8-16(21-23)22-11-3-10-20-22/h3-11,14H,12H2,1-2H3,(H,19,25). The van der Waals surface area contributed by atoms with Crippen molar-refractivity contribution in [3.8, 4) is 5.82 Å². The van der Waals surface area contributed by atoms with E-state index in [2.05, 4.69) is 15.5 Å². The van der Waals surface area contributed by atoms with Gasteiger partial charge in [0.1, 0.15) is 6.04 Å². The van der Waals surface area contributed by atoms with Gasteiger partial charge in [-0.3, -0.25) is 9.59 Å². The molecule has 3 aromatic rings. The van der Waals surface area contributed by atoms with Gasteiger partial charge in [-0.05, 0) is 31.5 Å². The van der Waals surface area contributed by atoms with E-state index >= 15 is 0 Å². The zero-order valence-electron chi connectivity index (χ0n) is 14.1. The van der Waals surface area contributed by atoms with E-state index in [1.54, 1.807) is 31.5 Å². The summed E-state index contributed by atoms with van der Waals surface area (Å²) in [5, 5.41) is 11.2. The molecule has 0 aliphatic rings. The summed E-state index contributed by atoms with van der Waals surface area (Å²) < 4.78 is 2.70. The number of rotatable bonds is 5. The van der Waals surface area contributed by atoms with E-state index in [0.29, 0.717) is 12.4 Å². The van der Waals surface area contributed by atoms with Crippen LogP contribution >= 0.6 is 0 Å². The van der Waals surface area contributed by atoms with Crippen molar-refractivity contribution in [2.75, 3.05) is 0 Å². The summed E-state index contributed by atoms with van der Waals surface area (Å²) in [7, 11) is 0. The summed E-state index contributed by atoms with van der Waals surface area (Å²) in [6.07, 6.45) is 3.34. The Morgan fingerprint density at radius 3 is 2.64 bits per heavy atom. The Hall–Kier alpha value is -3.22. The van der Waals surface area contributed by atoms with Crippen molar-refractivity contribution in [2.45, 2.75) is 26.4 Å². The molecule has 0 aliphatic heterocycles. The lowest BCUT2D eigenvalue weighted by molar-refractivity contribution is -0.124. The molecule has 0 fully saturated rings. The zero-order valence-corrected chi connectivity index (χ0v) is 14.1. The Morgan fingerprint density at radius 1 is 1.20 bits per heavy atom. The van der Waals surface area contributed by atoms with Crippen molar-refractivity contribution >= 4 is 5.91 Å². The highest BCUT2D eigenvalue weighted by molar-refractivity contribution is 5.79. The third-order valence-corrected chi connectivity index (χ3v) is 3.88. The van der Waals surface area contributed by atoms with Crippen LogP contribution < -0.4 is 10.9 Å². The number of hydrogen-bond acceptors (Lipinski definition) is 4. The van der Waals surface area contributed by atoms with Crippen LogP contribution in [0.1, 0.15) is 24.1 Å². The van der Waals surface area contributed by atoms with Crippen LogP contribution in [0, 0.1) is 6.92 Å². The number of hydrogen-bond donors (Lipinski definition) is 1. The van der Waals surface area contributed by atoms with Gasteiger partial charge < -0.3 is 5.32 Å². The van der Waals surface area contributed by atoms with E-state index in [1.165, 1.54) is 15.4 Å². The number of carbonyl (C=O) groups excluding carboxylic acids is 1. The molecular formula is C18H19N5O2. The molecule has 2 heterocycles. The van der Waals surface area contributed by atoms with Crippen LogP contribution in [0.25, 0.3) is 5.82 Å². The van der Waals surface area contributed by atoms with E-state index in [0.717, 1.165) is 11.1 Å². The van der Waals surface area contributed by atoms with Crippen molar-refractivity contribution in [3.63, 3.8) is 0 Å². The highest BCUT2D eigenvalue weighted by Gasteiger charge is 2.17. The molecule has 128 valence electrons.